The number of likely N-dealkylation sites (N-methyl/N-ethyl adjacent to an activating group) is 1. The summed E-state index contributed by atoms with van der Waals surface area (Å²) in [7, 11) is 2.18. The summed E-state index contributed by atoms with van der Waals surface area (Å²) in [6, 6.07) is 2.74. The second-order valence-corrected chi connectivity index (χ2v) is 4.77. The van der Waals surface area contributed by atoms with Crippen LogP contribution in [0.25, 0.3) is 0 Å². The zero-order chi connectivity index (χ0) is 12.3. The average molecular weight is 234 g/mol. The maximum absolute atomic E-state index is 4.31. The SMILES string of the molecule is CCNc1cncc(N2CCN(C)CC2C)c1. The number of piperazine rings is 1. The van der Waals surface area contributed by atoms with Crippen molar-refractivity contribution in [2.75, 3.05) is 43.4 Å². The molecule has 1 atom stereocenters. The Hall–Kier alpha value is -1.29. The van der Waals surface area contributed by atoms with Gasteiger partial charge in [0.05, 0.1) is 23.8 Å². The van der Waals surface area contributed by atoms with E-state index in [1.54, 1.807) is 0 Å². The first-order valence-electron chi connectivity index (χ1n) is 6.35. The molecule has 0 aliphatic carbocycles. The van der Waals surface area contributed by atoms with Crippen LogP contribution in [0.4, 0.5) is 11.4 Å². The molecule has 1 N–H and O–H groups in total. The Bertz CT molecular complexity index is 366. The molecule has 2 heterocycles. The number of nitrogens with one attached hydrogen (secondary N) is 1. The summed E-state index contributed by atoms with van der Waals surface area (Å²) in [6.07, 6.45) is 3.84. The molecule has 1 saturated heterocycles. The van der Waals surface area contributed by atoms with E-state index in [4.69, 9.17) is 0 Å². The minimum absolute atomic E-state index is 0.549. The van der Waals surface area contributed by atoms with Gasteiger partial charge >= 0.3 is 0 Å². The van der Waals surface area contributed by atoms with E-state index in [9.17, 15) is 0 Å². The van der Waals surface area contributed by atoms with E-state index in [1.165, 1.54) is 5.69 Å². The minimum Gasteiger partial charge on any atom is -0.384 e. The number of nitrogens with zero attached hydrogens (tertiary/aromatic N) is 3. The standard InChI is InChI=1S/C13H22N4/c1-4-15-12-7-13(9-14-8-12)17-6-5-16(3)10-11(17)2/h7-9,11,15H,4-6,10H2,1-3H3. The van der Waals surface area contributed by atoms with Crippen molar-refractivity contribution in [1.29, 1.82) is 0 Å². The Labute approximate surface area is 104 Å². The Morgan fingerprint density at radius 2 is 2.24 bits per heavy atom. The molecule has 0 aromatic carbocycles. The predicted octanol–water partition coefficient (Wildman–Crippen LogP) is 1.65. The van der Waals surface area contributed by atoms with Crippen LogP contribution in [0.15, 0.2) is 18.5 Å². The zero-order valence-corrected chi connectivity index (χ0v) is 11.0. The molecule has 0 radical (unpaired) electrons. The fourth-order valence-corrected chi connectivity index (χ4v) is 2.41. The van der Waals surface area contributed by atoms with Crippen molar-refractivity contribution < 1.29 is 0 Å². The molecular weight excluding hydrogens is 212 g/mol. The third-order valence-corrected chi connectivity index (χ3v) is 3.27. The third-order valence-electron chi connectivity index (χ3n) is 3.27. The summed E-state index contributed by atoms with van der Waals surface area (Å²) < 4.78 is 0. The molecule has 0 bridgehead atoms. The lowest BCUT2D eigenvalue weighted by Gasteiger charge is -2.39. The molecule has 1 aromatic rings. The van der Waals surface area contributed by atoms with Crippen LogP contribution in [0.3, 0.4) is 0 Å². The lowest BCUT2D eigenvalue weighted by molar-refractivity contribution is 0.275. The van der Waals surface area contributed by atoms with Gasteiger partial charge < -0.3 is 15.1 Å². The van der Waals surface area contributed by atoms with Crippen molar-refractivity contribution >= 4 is 11.4 Å². The topological polar surface area (TPSA) is 31.4 Å². The molecule has 1 aliphatic rings. The molecule has 1 aliphatic heterocycles. The smallest absolute Gasteiger partial charge is 0.0576 e. The van der Waals surface area contributed by atoms with Crippen molar-refractivity contribution in [2.45, 2.75) is 19.9 Å². The summed E-state index contributed by atoms with van der Waals surface area (Å²) in [5, 5.41) is 3.31. The summed E-state index contributed by atoms with van der Waals surface area (Å²) in [5.41, 5.74) is 2.33. The van der Waals surface area contributed by atoms with Gasteiger partial charge in [0.2, 0.25) is 0 Å². The van der Waals surface area contributed by atoms with Gasteiger partial charge in [-0.1, -0.05) is 0 Å². The molecule has 0 spiro atoms. The van der Waals surface area contributed by atoms with Crippen molar-refractivity contribution in [2.24, 2.45) is 0 Å². The van der Waals surface area contributed by atoms with Gasteiger partial charge in [0.25, 0.3) is 0 Å². The lowest BCUT2D eigenvalue weighted by Crippen LogP contribution is -2.50. The van der Waals surface area contributed by atoms with Crippen LogP contribution >= 0.6 is 0 Å². The molecule has 2 rings (SSSR count). The van der Waals surface area contributed by atoms with Crippen LogP contribution in [0, 0.1) is 0 Å². The van der Waals surface area contributed by atoms with Gasteiger partial charge in [-0.3, -0.25) is 4.98 Å². The number of anilines is 2. The van der Waals surface area contributed by atoms with Crippen molar-refractivity contribution in [1.82, 2.24) is 9.88 Å². The first kappa shape index (κ1) is 12.2. The molecule has 94 valence electrons. The Morgan fingerprint density at radius 3 is 2.94 bits per heavy atom. The summed E-state index contributed by atoms with van der Waals surface area (Å²) >= 11 is 0. The van der Waals surface area contributed by atoms with Crippen LogP contribution in [0.5, 0.6) is 0 Å². The minimum atomic E-state index is 0.549. The molecule has 1 fully saturated rings. The monoisotopic (exact) mass is 234 g/mol. The maximum Gasteiger partial charge on any atom is 0.0576 e. The third kappa shape index (κ3) is 2.88. The molecular formula is C13H22N4. The van der Waals surface area contributed by atoms with Gasteiger partial charge in [-0.25, -0.2) is 0 Å². The molecule has 4 nitrogen and oxygen atoms in total. The van der Waals surface area contributed by atoms with Gasteiger partial charge in [-0.05, 0) is 27.0 Å². The number of hydrogen-bond acceptors (Lipinski definition) is 4. The molecule has 0 amide bonds. The van der Waals surface area contributed by atoms with E-state index in [1.807, 2.05) is 12.4 Å². The van der Waals surface area contributed by atoms with E-state index in [-0.39, 0.29) is 0 Å². The van der Waals surface area contributed by atoms with Crippen molar-refractivity contribution in [3.8, 4) is 0 Å². The predicted molar refractivity (Wildman–Crippen MR) is 72.7 cm³/mol. The average Bonchev–Trinajstić information content (AvgIpc) is 2.29. The van der Waals surface area contributed by atoms with Gasteiger partial charge in [0.15, 0.2) is 0 Å². The fraction of sp³-hybridized carbons (Fsp3) is 0.615. The van der Waals surface area contributed by atoms with Gasteiger partial charge in [0, 0.05) is 32.2 Å². The largest absolute Gasteiger partial charge is 0.384 e. The fourth-order valence-electron chi connectivity index (χ4n) is 2.41. The number of pyridine rings is 1. The van der Waals surface area contributed by atoms with E-state index in [0.29, 0.717) is 6.04 Å². The lowest BCUT2D eigenvalue weighted by atomic mass is 10.2. The zero-order valence-electron chi connectivity index (χ0n) is 11.0. The second kappa shape index (κ2) is 5.36. The van der Waals surface area contributed by atoms with Crippen LogP contribution in [-0.2, 0) is 0 Å². The van der Waals surface area contributed by atoms with E-state index in [0.717, 1.165) is 31.9 Å². The van der Waals surface area contributed by atoms with E-state index < -0.39 is 0 Å². The summed E-state index contributed by atoms with van der Waals surface area (Å²) in [4.78, 5) is 9.13. The summed E-state index contributed by atoms with van der Waals surface area (Å²) in [5.74, 6) is 0. The van der Waals surface area contributed by atoms with Gasteiger partial charge in [-0.15, -0.1) is 0 Å². The van der Waals surface area contributed by atoms with Gasteiger partial charge in [0.1, 0.15) is 0 Å². The number of rotatable bonds is 3. The molecule has 1 aromatic heterocycles. The number of hydrogen-bond donors (Lipinski definition) is 1. The Kier molecular flexibility index (Phi) is 3.84. The first-order valence-corrected chi connectivity index (χ1v) is 6.35. The Balaban J connectivity index is 2.13. The van der Waals surface area contributed by atoms with Crippen LogP contribution in [0.2, 0.25) is 0 Å². The highest BCUT2D eigenvalue weighted by atomic mass is 15.3. The quantitative estimate of drug-likeness (QED) is 0.862. The second-order valence-electron chi connectivity index (χ2n) is 4.77. The van der Waals surface area contributed by atoms with Crippen molar-refractivity contribution in [3.63, 3.8) is 0 Å². The van der Waals surface area contributed by atoms with E-state index >= 15 is 0 Å². The van der Waals surface area contributed by atoms with Crippen LogP contribution in [0.1, 0.15) is 13.8 Å². The number of aromatic nitrogens is 1. The normalized spacial score (nSPS) is 21.6. The highest BCUT2D eigenvalue weighted by Gasteiger charge is 2.21. The van der Waals surface area contributed by atoms with Crippen LogP contribution in [-0.4, -0.2) is 49.2 Å². The summed E-state index contributed by atoms with van der Waals surface area (Å²) in [6.45, 7) is 8.63. The molecule has 1 unspecified atom stereocenters. The highest BCUT2D eigenvalue weighted by Crippen LogP contribution is 2.22. The molecule has 0 saturated carbocycles. The van der Waals surface area contributed by atoms with Crippen LogP contribution < -0.4 is 10.2 Å². The Morgan fingerprint density at radius 1 is 1.41 bits per heavy atom. The molecule has 17 heavy (non-hydrogen) atoms. The van der Waals surface area contributed by atoms with E-state index in [2.05, 4.69) is 47.1 Å². The molecule has 4 heteroatoms. The van der Waals surface area contributed by atoms with Crippen molar-refractivity contribution in [3.05, 3.63) is 18.5 Å². The maximum atomic E-state index is 4.31. The highest BCUT2D eigenvalue weighted by molar-refractivity contribution is 5.56. The van der Waals surface area contributed by atoms with Gasteiger partial charge in [-0.2, -0.15) is 0 Å². The first-order chi connectivity index (χ1) is 8.20.